The van der Waals surface area contributed by atoms with Crippen molar-refractivity contribution in [2.24, 2.45) is 0 Å². The number of rotatable bonds is 2. The lowest BCUT2D eigenvalue weighted by molar-refractivity contribution is 0.0600. The van der Waals surface area contributed by atoms with Crippen molar-refractivity contribution in [1.82, 2.24) is 4.98 Å². The molecule has 0 amide bonds. The van der Waals surface area contributed by atoms with Gasteiger partial charge >= 0.3 is 5.97 Å². The summed E-state index contributed by atoms with van der Waals surface area (Å²) in [5.41, 5.74) is 1.77. The topological polar surface area (TPSA) is 71.5 Å². The van der Waals surface area contributed by atoms with E-state index in [1.54, 1.807) is 13.2 Å². The number of H-pyrrole nitrogens is 1. The Hall–Kier alpha value is -2.69. The third-order valence-corrected chi connectivity index (χ3v) is 3.34. The van der Waals surface area contributed by atoms with Gasteiger partial charge in [0.1, 0.15) is 17.1 Å². The van der Waals surface area contributed by atoms with Crippen LogP contribution in [0.1, 0.15) is 10.4 Å². The predicted octanol–water partition coefficient (Wildman–Crippen LogP) is 2.82. The van der Waals surface area contributed by atoms with Crippen LogP contribution in [0.4, 0.5) is 0 Å². The molecule has 3 rings (SSSR count). The highest BCUT2D eigenvalue weighted by molar-refractivity contribution is 6.18. The van der Waals surface area contributed by atoms with Crippen LogP contribution < -0.4 is 4.74 Å². The quantitative estimate of drug-likeness (QED) is 0.703. The second kappa shape index (κ2) is 4.45. The molecule has 0 saturated heterocycles. The van der Waals surface area contributed by atoms with Crippen LogP contribution in [0, 0.1) is 0 Å². The second-order valence-electron chi connectivity index (χ2n) is 4.41. The molecule has 0 spiro atoms. The first-order valence-corrected chi connectivity index (χ1v) is 6.05. The molecule has 0 bridgehead atoms. The number of aromatic nitrogens is 1. The van der Waals surface area contributed by atoms with E-state index < -0.39 is 5.97 Å². The van der Waals surface area contributed by atoms with E-state index in [0.29, 0.717) is 11.1 Å². The lowest BCUT2D eigenvalue weighted by atomic mass is 10.1. The number of aromatic amines is 1. The Morgan fingerprint density at radius 1 is 1.15 bits per heavy atom. The van der Waals surface area contributed by atoms with Gasteiger partial charge in [0.15, 0.2) is 0 Å². The highest BCUT2D eigenvalue weighted by Gasteiger charge is 2.19. The summed E-state index contributed by atoms with van der Waals surface area (Å²) in [4.78, 5) is 15.1. The summed E-state index contributed by atoms with van der Waals surface area (Å²) >= 11 is 0. The lowest BCUT2D eigenvalue weighted by Gasteiger charge is -2.05. The number of carbonyl (C=O) groups is 1. The number of ether oxygens (including phenoxy) is 2. The molecule has 3 aromatic rings. The molecule has 20 heavy (non-hydrogen) atoms. The molecule has 0 radical (unpaired) electrons. The molecule has 5 nitrogen and oxygen atoms in total. The van der Waals surface area contributed by atoms with Crippen molar-refractivity contribution >= 4 is 27.8 Å². The maximum absolute atomic E-state index is 11.9. The van der Waals surface area contributed by atoms with Gasteiger partial charge in [0.25, 0.3) is 0 Å². The average Bonchev–Trinajstić information content (AvgIpc) is 2.84. The number of phenols is 1. The summed E-state index contributed by atoms with van der Waals surface area (Å²) < 4.78 is 9.96. The van der Waals surface area contributed by atoms with E-state index >= 15 is 0 Å². The molecule has 1 aromatic heterocycles. The number of hydrogen-bond acceptors (Lipinski definition) is 4. The lowest BCUT2D eigenvalue weighted by Crippen LogP contribution is -2.02. The zero-order chi connectivity index (χ0) is 14.3. The van der Waals surface area contributed by atoms with Gasteiger partial charge in [-0.2, -0.15) is 0 Å². The Balaban J connectivity index is 2.47. The number of hydrogen-bond donors (Lipinski definition) is 2. The van der Waals surface area contributed by atoms with Crippen LogP contribution in [-0.2, 0) is 4.74 Å². The first kappa shape index (κ1) is 12.3. The van der Waals surface area contributed by atoms with E-state index in [1.165, 1.54) is 13.2 Å². The first-order valence-electron chi connectivity index (χ1n) is 6.05. The van der Waals surface area contributed by atoms with Gasteiger partial charge in [-0.1, -0.05) is 0 Å². The number of fused-ring (bicyclic) bond motifs is 3. The molecule has 0 atom stereocenters. The maximum atomic E-state index is 11.9. The molecule has 2 aromatic carbocycles. The van der Waals surface area contributed by atoms with Gasteiger partial charge in [0.2, 0.25) is 0 Å². The summed E-state index contributed by atoms with van der Waals surface area (Å²) in [6.45, 7) is 0. The summed E-state index contributed by atoms with van der Waals surface area (Å²) in [6.07, 6.45) is 0. The normalized spacial score (nSPS) is 10.9. The average molecular weight is 271 g/mol. The molecule has 0 aliphatic rings. The monoisotopic (exact) mass is 271 g/mol. The van der Waals surface area contributed by atoms with Crippen LogP contribution in [0.15, 0.2) is 30.3 Å². The van der Waals surface area contributed by atoms with Crippen molar-refractivity contribution in [3.8, 4) is 11.5 Å². The molecule has 0 unspecified atom stereocenters. The predicted molar refractivity (Wildman–Crippen MR) is 75.4 cm³/mol. The van der Waals surface area contributed by atoms with Gasteiger partial charge < -0.3 is 19.6 Å². The third-order valence-electron chi connectivity index (χ3n) is 3.34. The minimum atomic E-state index is -0.572. The Labute approximate surface area is 114 Å². The summed E-state index contributed by atoms with van der Waals surface area (Å²) in [5.74, 6) is 0.00227. The number of methoxy groups -OCH3 is 2. The van der Waals surface area contributed by atoms with Crippen molar-refractivity contribution in [2.75, 3.05) is 14.2 Å². The van der Waals surface area contributed by atoms with Crippen LogP contribution >= 0.6 is 0 Å². The van der Waals surface area contributed by atoms with Gasteiger partial charge in [-0.15, -0.1) is 0 Å². The van der Waals surface area contributed by atoms with Crippen molar-refractivity contribution in [2.45, 2.75) is 0 Å². The van der Waals surface area contributed by atoms with E-state index in [-0.39, 0.29) is 11.3 Å². The Kier molecular flexibility index (Phi) is 2.75. The number of nitrogens with one attached hydrogen (secondary N) is 1. The Morgan fingerprint density at radius 2 is 1.90 bits per heavy atom. The fraction of sp³-hybridized carbons (Fsp3) is 0.133. The van der Waals surface area contributed by atoms with E-state index in [1.807, 2.05) is 18.2 Å². The number of phenolic OH excluding ortho intramolecular Hbond substituents is 1. The highest BCUT2D eigenvalue weighted by atomic mass is 16.5. The fourth-order valence-electron chi connectivity index (χ4n) is 2.40. The van der Waals surface area contributed by atoms with Gasteiger partial charge in [0, 0.05) is 21.8 Å². The van der Waals surface area contributed by atoms with Crippen molar-refractivity contribution in [3.63, 3.8) is 0 Å². The van der Waals surface area contributed by atoms with Crippen LogP contribution in [-0.4, -0.2) is 30.3 Å². The number of esters is 1. The molecule has 1 heterocycles. The van der Waals surface area contributed by atoms with Crippen LogP contribution in [0.3, 0.4) is 0 Å². The van der Waals surface area contributed by atoms with Gasteiger partial charge in [-0.05, 0) is 30.3 Å². The molecule has 0 aliphatic carbocycles. The van der Waals surface area contributed by atoms with Crippen LogP contribution in [0.5, 0.6) is 11.5 Å². The fourth-order valence-corrected chi connectivity index (χ4v) is 2.40. The van der Waals surface area contributed by atoms with E-state index in [0.717, 1.165) is 16.4 Å². The van der Waals surface area contributed by atoms with Gasteiger partial charge in [0.05, 0.1) is 14.2 Å². The van der Waals surface area contributed by atoms with Crippen molar-refractivity contribution in [3.05, 3.63) is 35.9 Å². The molecular weight excluding hydrogens is 258 g/mol. The first-order chi connectivity index (χ1) is 9.65. The minimum Gasteiger partial charge on any atom is -0.507 e. The molecule has 2 N–H and O–H groups in total. The van der Waals surface area contributed by atoms with Crippen LogP contribution in [0.2, 0.25) is 0 Å². The van der Waals surface area contributed by atoms with E-state index in [4.69, 9.17) is 9.47 Å². The molecule has 102 valence electrons. The Bertz CT molecular complexity index is 819. The number of benzene rings is 2. The summed E-state index contributed by atoms with van der Waals surface area (Å²) in [6, 6.07) is 8.71. The molecule has 0 aliphatic heterocycles. The number of aromatic hydroxyl groups is 1. The number of carbonyl (C=O) groups excluding carboxylic acids is 1. The highest BCUT2D eigenvalue weighted by Crippen LogP contribution is 2.35. The maximum Gasteiger partial charge on any atom is 0.342 e. The van der Waals surface area contributed by atoms with Crippen LogP contribution in [0.25, 0.3) is 21.8 Å². The largest absolute Gasteiger partial charge is 0.507 e. The van der Waals surface area contributed by atoms with Gasteiger partial charge in [-0.3, -0.25) is 0 Å². The minimum absolute atomic E-state index is 0.104. The molecule has 0 fully saturated rings. The zero-order valence-corrected chi connectivity index (χ0v) is 11.1. The smallest absolute Gasteiger partial charge is 0.342 e. The zero-order valence-electron chi connectivity index (χ0n) is 11.1. The molecular formula is C15H13NO4. The van der Waals surface area contributed by atoms with Gasteiger partial charge in [-0.25, -0.2) is 4.79 Å². The molecule has 5 heteroatoms. The molecule has 0 saturated carbocycles. The standard InChI is InChI=1S/C15H13NO4/c1-19-8-3-4-10-9(7-8)13-11(16-10)5-6-12(17)14(13)15(18)20-2/h3-7,16-17H,1-2H3. The van der Waals surface area contributed by atoms with E-state index in [2.05, 4.69) is 4.98 Å². The second-order valence-corrected chi connectivity index (χ2v) is 4.41. The summed E-state index contributed by atoms with van der Waals surface area (Å²) in [7, 11) is 2.87. The summed E-state index contributed by atoms with van der Waals surface area (Å²) in [5, 5.41) is 11.4. The van der Waals surface area contributed by atoms with Crippen molar-refractivity contribution in [1.29, 1.82) is 0 Å². The van der Waals surface area contributed by atoms with Crippen molar-refractivity contribution < 1.29 is 19.4 Å². The SMILES string of the molecule is COC(=O)c1c(O)ccc2[nH]c3ccc(OC)cc3c12. The van der Waals surface area contributed by atoms with E-state index in [9.17, 15) is 9.90 Å². The Morgan fingerprint density at radius 3 is 2.60 bits per heavy atom. The third kappa shape index (κ3) is 1.67.